The maximum Gasteiger partial charge on any atom is 0.325 e. The van der Waals surface area contributed by atoms with E-state index in [9.17, 15) is 14.4 Å². The Balaban J connectivity index is 1.75. The van der Waals surface area contributed by atoms with Crippen LogP contribution in [0.1, 0.15) is 39.6 Å². The SMILES string of the molecule is CCCc1ccc(C(=O)COC(=O)CNC(=O)c2ccccc2)cc1. The molecule has 1 N–H and O–H groups in total. The van der Waals surface area contributed by atoms with E-state index in [0.29, 0.717) is 11.1 Å². The highest BCUT2D eigenvalue weighted by Gasteiger charge is 2.12. The molecule has 0 spiro atoms. The van der Waals surface area contributed by atoms with Crippen LogP contribution in [0, 0.1) is 0 Å². The lowest BCUT2D eigenvalue weighted by Crippen LogP contribution is -2.31. The van der Waals surface area contributed by atoms with Gasteiger partial charge < -0.3 is 10.1 Å². The van der Waals surface area contributed by atoms with Crippen molar-refractivity contribution in [1.29, 1.82) is 0 Å². The summed E-state index contributed by atoms with van der Waals surface area (Å²) in [6, 6.07) is 15.8. The smallest absolute Gasteiger partial charge is 0.325 e. The van der Waals surface area contributed by atoms with Crippen molar-refractivity contribution in [3.8, 4) is 0 Å². The first kappa shape index (κ1) is 18.4. The fourth-order valence-corrected chi connectivity index (χ4v) is 2.27. The third-order valence-electron chi connectivity index (χ3n) is 3.61. The Morgan fingerprint density at radius 2 is 1.60 bits per heavy atom. The Labute approximate surface area is 147 Å². The fraction of sp³-hybridized carbons (Fsp3) is 0.250. The number of Topliss-reactive ketones (excluding diaryl/α,β-unsaturated/α-hetero) is 1. The molecule has 0 atom stereocenters. The molecule has 2 aromatic carbocycles. The molecule has 130 valence electrons. The number of hydrogen-bond donors (Lipinski definition) is 1. The highest BCUT2D eigenvalue weighted by molar-refractivity contribution is 5.98. The van der Waals surface area contributed by atoms with Crippen molar-refractivity contribution in [2.75, 3.05) is 13.2 Å². The summed E-state index contributed by atoms with van der Waals surface area (Å²) in [6.07, 6.45) is 2.00. The van der Waals surface area contributed by atoms with Crippen LogP contribution >= 0.6 is 0 Å². The van der Waals surface area contributed by atoms with E-state index in [0.717, 1.165) is 12.8 Å². The largest absolute Gasteiger partial charge is 0.456 e. The zero-order valence-corrected chi connectivity index (χ0v) is 14.2. The molecule has 2 rings (SSSR count). The van der Waals surface area contributed by atoms with Gasteiger partial charge in [-0.3, -0.25) is 14.4 Å². The van der Waals surface area contributed by atoms with Gasteiger partial charge in [0, 0.05) is 11.1 Å². The molecule has 1 amide bonds. The van der Waals surface area contributed by atoms with Crippen LogP contribution in [-0.2, 0) is 16.0 Å². The summed E-state index contributed by atoms with van der Waals surface area (Å²) in [6.45, 7) is 1.47. The summed E-state index contributed by atoms with van der Waals surface area (Å²) in [7, 11) is 0. The maximum absolute atomic E-state index is 12.0. The summed E-state index contributed by atoms with van der Waals surface area (Å²) in [5.41, 5.74) is 2.12. The van der Waals surface area contributed by atoms with Gasteiger partial charge in [-0.25, -0.2) is 0 Å². The summed E-state index contributed by atoms with van der Waals surface area (Å²) in [5.74, 6) is -1.29. The third-order valence-corrected chi connectivity index (χ3v) is 3.61. The lowest BCUT2D eigenvalue weighted by atomic mass is 10.1. The van der Waals surface area contributed by atoms with Crippen molar-refractivity contribution in [2.24, 2.45) is 0 Å². The van der Waals surface area contributed by atoms with Crippen molar-refractivity contribution in [1.82, 2.24) is 5.32 Å². The molecule has 0 saturated carbocycles. The monoisotopic (exact) mass is 339 g/mol. The topological polar surface area (TPSA) is 72.5 Å². The van der Waals surface area contributed by atoms with Gasteiger partial charge in [0.25, 0.3) is 5.91 Å². The van der Waals surface area contributed by atoms with Crippen LogP contribution in [0.15, 0.2) is 54.6 Å². The van der Waals surface area contributed by atoms with Gasteiger partial charge in [-0.1, -0.05) is 55.8 Å². The van der Waals surface area contributed by atoms with Crippen molar-refractivity contribution in [2.45, 2.75) is 19.8 Å². The molecule has 0 aromatic heterocycles. The lowest BCUT2D eigenvalue weighted by Gasteiger charge is -2.07. The Morgan fingerprint density at radius 1 is 0.920 bits per heavy atom. The fourth-order valence-electron chi connectivity index (χ4n) is 2.27. The van der Waals surface area contributed by atoms with Gasteiger partial charge in [-0.05, 0) is 24.1 Å². The highest BCUT2D eigenvalue weighted by atomic mass is 16.5. The van der Waals surface area contributed by atoms with E-state index in [4.69, 9.17) is 4.74 Å². The molecule has 0 aliphatic carbocycles. The van der Waals surface area contributed by atoms with Crippen LogP contribution in [0.3, 0.4) is 0 Å². The van der Waals surface area contributed by atoms with Gasteiger partial charge in [-0.15, -0.1) is 0 Å². The van der Waals surface area contributed by atoms with E-state index in [1.165, 1.54) is 5.56 Å². The molecule has 25 heavy (non-hydrogen) atoms. The molecule has 2 aromatic rings. The van der Waals surface area contributed by atoms with Crippen molar-refractivity contribution in [3.05, 3.63) is 71.3 Å². The maximum atomic E-state index is 12.0. The van der Waals surface area contributed by atoms with Gasteiger partial charge in [0.1, 0.15) is 6.54 Å². The Kier molecular flexibility index (Phi) is 6.89. The van der Waals surface area contributed by atoms with E-state index in [1.54, 1.807) is 42.5 Å². The molecule has 0 bridgehead atoms. The number of hydrogen-bond acceptors (Lipinski definition) is 4. The minimum atomic E-state index is -0.653. The molecule has 0 unspecified atom stereocenters. The molecule has 5 nitrogen and oxygen atoms in total. The van der Waals surface area contributed by atoms with E-state index < -0.39 is 5.97 Å². The van der Waals surface area contributed by atoms with Crippen LogP contribution in [0.25, 0.3) is 0 Å². The van der Waals surface area contributed by atoms with E-state index in [1.807, 2.05) is 12.1 Å². The van der Waals surface area contributed by atoms with Crippen molar-refractivity contribution >= 4 is 17.7 Å². The first-order valence-electron chi connectivity index (χ1n) is 8.21. The average Bonchev–Trinajstić information content (AvgIpc) is 2.65. The van der Waals surface area contributed by atoms with E-state index >= 15 is 0 Å². The van der Waals surface area contributed by atoms with Crippen LogP contribution < -0.4 is 5.32 Å². The van der Waals surface area contributed by atoms with Gasteiger partial charge in [0.15, 0.2) is 12.4 Å². The molecule has 0 fully saturated rings. The van der Waals surface area contributed by atoms with Gasteiger partial charge in [-0.2, -0.15) is 0 Å². The molecular formula is C20H21NO4. The second-order valence-corrected chi connectivity index (χ2v) is 5.58. The first-order chi connectivity index (χ1) is 12.1. The second kappa shape index (κ2) is 9.37. The normalized spacial score (nSPS) is 10.1. The Hall–Kier alpha value is -2.95. The summed E-state index contributed by atoms with van der Waals surface area (Å²) < 4.78 is 4.92. The van der Waals surface area contributed by atoms with Crippen LogP contribution in [-0.4, -0.2) is 30.8 Å². The zero-order chi connectivity index (χ0) is 18.1. The molecule has 5 heteroatoms. The summed E-state index contributed by atoms with van der Waals surface area (Å²) >= 11 is 0. The standard InChI is InChI=1S/C20H21NO4/c1-2-6-15-9-11-16(12-10-15)18(22)14-25-19(23)13-21-20(24)17-7-4-3-5-8-17/h3-5,7-12H,2,6,13-14H2,1H3,(H,21,24). The Bertz CT molecular complexity index is 723. The first-order valence-corrected chi connectivity index (χ1v) is 8.21. The lowest BCUT2D eigenvalue weighted by molar-refractivity contribution is -0.141. The second-order valence-electron chi connectivity index (χ2n) is 5.58. The number of amides is 1. The number of carbonyl (C=O) groups excluding carboxylic acids is 3. The van der Waals surface area contributed by atoms with Crippen molar-refractivity contribution in [3.63, 3.8) is 0 Å². The third kappa shape index (κ3) is 5.88. The molecule has 0 aliphatic heterocycles. The minimum Gasteiger partial charge on any atom is -0.456 e. The number of esters is 1. The predicted octanol–water partition coefficient (Wildman–Crippen LogP) is 2.80. The minimum absolute atomic E-state index is 0.272. The quantitative estimate of drug-likeness (QED) is 0.593. The number of ketones is 1. The molecular weight excluding hydrogens is 318 g/mol. The van der Waals surface area contributed by atoms with Crippen LogP contribution in [0.4, 0.5) is 0 Å². The van der Waals surface area contributed by atoms with Crippen LogP contribution in [0.5, 0.6) is 0 Å². The number of rotatable bonds is 8. The molecule has 0 radical (unpaired) electrons. The molecule has 0 aliphatic rings. The van der Waals surface area contributed by atoms with Gasteiger partial charge in [0.05, 0.1) is 0 Å². The summed E-state index contributed by atoms with van der Waals surface area (Å²) in [4.78, 5) is 35.5. The number of ether oxygens (including phenoxy) is 1. The van der Waals surface area contributed by atoms with E-state index in [2.05, 4.69) is 12.2 Å². The zero-order valence-electron chi connectivity index (χ0n) is 14.2. The summed E-state index contributed by atoms with van der Waals surface area (Å²) in [5, 5.41) is 2.46. The Morgan fingerprint density at radius 3 is 2.24 bits per heavy atom. The number of benzene rings is 2. The average molecular weight is 339 g/mol. The van der Waals surface area contributed by atoms with Crippen LogP contribution in [0.2, 0.25) is 0 Å². The predicted molar refractivity (Wildman–Crippen MR) is 94.5 cm³/mol. The molecule has 0 saturated heterocycles. The number of nitrogens with one attached hydrogen (secondary N) is 1. The van der Waals surface area contributed by atoms with E-state index in [-0.39, 0.29) is 24.8 Å². The van der Waals surface area contributed by atoms with Gasteiger partial charge >= 0.3 is 5.97 Å². The van der Waals surface area contributed by atoms with Crippen molar-refractivity contribution < 1.29 is 19.1 Å². The number of carbonyl (C=O) groups is 3. The van der Waals surface area contributed by atoms with Gasteiger partial charge in [0.2, 0.25) is 0 Å². The highest BCUT2D eigenvalue weighted by Crippen LogP contribution is 2.07. The number of aryl methyl sites for hydroxylation is 1. The molecule has 0 heterocycles.